The van der Waals surface area contributed by atoms with E-state index < -0.39 is 11.9 Å². The summed E-state index contributed by atoms with van der Waals surface area (Å²) in [5.41, 5.74) is 2.29. The van der Waals surface area contributed by atoms with Gasteiger partial charge in [0.15, 0.2) is 0 Å². The number of carboxylic acid groups (broad SMARTS) is 1. The van der Waals surface area contributed by atoms with Gasteiger partial charge in [0.1, 0.15) is 0 Å². The number of benzene rings is 1. The minimum atomic E-state index is -0.814. The molecule has 1 aliphatic carbocycles. The molecule has 3 nitrogen and oxygen atoms in total. The van der Waals surface area contributed by atoms with Crippen molar-refractivity contribution in [2.75, 3.05) is 0 Å². The lowest BCUT2D eigenvalue weighted by Gasteiger charge is -2.13. The molecule has 2 unspecified atom stereocenters. The van der Waals surface area contributed by atoms with Gasteiger partial charge in [0.05, 0.1) is 17.6 Å². The predicted molar refractivity (Wildman–Crippen MR) is 63.5 cm³/mol. The van der Waals surface area contributed by atoms with E-state index in [1.807, 2.05) is 6.07 Å². The number of nitrogens with zero attached hydrogens (tertiary/aromatic N) is 1. The molecule has 86 valence electrons. The normalized spacial score (nSPS) is 21.6. The first-order chi connectivity index (χ1) is 8.19. The third-order valence-corrected chi connectivity index (χ3v) is 3.34. The predicted octanol–water partition coefficient (Wildman–Crippen LogP) is 2.47. The third-order valence-electron chi connectivity index (χ3n) is 3.34. The second-order valence-electron chi connectivity index (χ2n) is 4.29. The maximum absolute atomic E-state index is 11.3. The fourth-order valence-electron chi connectivity index (χ4n) is 2.63. The highest BCUT2D eigenvalue weighted by molar-refractivity contribution is 5.79. The van der Waals surface area contributed by atoms with Gasteiger partial charge in [0.2, 0.25) is 0 Å². The summed E-state index contributed by atoms with van der Waals surface area (Å²) in [5, 5.41) is 18.3. The van der Waals surface area contributed by atoms with Crippen molar-refractivity contribution >= 4 is 5.97 Å². The Bertz CT molecular complexity index is 513. The Balaban J connectivity index is 2.50. The molecule has 0 saturated heterocycles. The van der Waals surface area contributed by atoms with E-state index in [9.17, 15) is 9.90 Å². The van der Waals surface area contributed by atoms with Crippen molar-refractivity contribution < 1.29 is 9.90 Å². The van der Waals surface area contributed by atoms with E-state index in [1.165, 1.54) is 0 Å². The van der Waals surface area contributed by atoms with E-state index in [-0.39, 0.29) is 5.92 Å². The summed E-state index contributed by atoms with van der Waals surface area (Å²) < 4.78 is 0. The van der Waals surface area contributed by atoms with Crippen molar-refractivity contribution in [2.24, 2.45) is 5.92 Å². The van der Waals surface area contributed by atoms with Crippen LogP contribution in [0.25, 0.3) is 0 Å². The minimum Gasteiger partial charge on any atom is -0.481 e. The van der Waals surface area contributed by atoms with Crippen LogP contribution in [0.3, 0.4) is 0 Å². The van der Waals surface area contributed by atoms with Crippen LogP contribution in [-0.4, -0.2) is 11.1 Å². The van der Waals surface area contributed by atoms with Crippen LogP contribution in [0, 0.1) is 17.2 Å². The molecule has 1 aromatic carbocycles. The summed E-state index contributed by atoms with van der Waals surface area (Å²) in [6.45, 7) is 3.67. The minimum absolute atomic E-state index is 0.0227. The van der Waals surface area contributed by atoms with Gasteiger partial charge >= 0.3 is 5.97 Å². The Hall–Kier alpha value is -2.08. The first-order valence-electron chi connectivity index (χ1n) is 5.54. The van der Waals surface area contributed by atoms with Crippen molar-refractivity contribution in [1.29, 1.82) is 5.26 Å². The Morgan fingerprint density at radius 1 is 1.65 bits per heavy atom. The topological polar surface area (TPSA) is 61.1 Å². The van der Waals surface area contributed by atoms with E-state index in [4.69, 9.17) is 5.26 Å². The van der Waals surface area contributed by atoms with Crippen LogP contribution in [-0.2, 0) is 11.2 Å². The van der Waals surface area contributed by atoms with Gasteiger partial charge in [-0.05, 0) is 36.0 Å². The number of hydrogen-bond acceptors (Lipinski definition) is 2. The zero-order valence-electron chi connectivity index (χ0n) is 9.39. The summed E-state index contributed by atoms with van der Waals surface area (Å²) >= 11 is 0. The maximum Gasteiger partial charge on any atom is 0.311 e. The molecule has 2 atom stereocenters. The molecule has 0 spiro atoms. The van der Waals surface area contributed by atoms with Crippen LogP contribution in [0.5, 0.6) is 0 Å². The average Bonchev–Trinajstić information content (AvgIpc) is 2.67. The van der Waals surface area contributed by atoms with Crippen molar-refractivity contribution in [3.05, 3.63) is 47.5 Å². The molecule has 0 bridgehead atoms. The number of allylic oxidation sites excluding steroid dienone is 1. The van der Waals surface area contributed by atoms with Crippen LogP contribution in [0.2, 0.25) is 0 Å². The molecule has 0 aliphatic heterocycles. The zero-order valence-corrected chi connectivity index (χ0v) is 9.39. The molecule has 17 heavy (non-hydrogen) atoms. The molecule has 1 aliphatic rings. The van der Waals surface area contributed by atoms with Gasteiger partial charge in [-0.25, -0.2) is 0 Å². The van der Waals surface area contributed by atoms with Gasteiger partial charge in [0.25, 0.3) is 0 Å². The Morgan fingerprint density at radius 2 is 2.41 bits per heavy atom. The first kappa shape index (κ1) is 11.4. The molecule has 0 saturated carbocycles. The van der Waals surface area contributed by atoms with E-state index in [1.54, 1.807) is 18.2 Å². The van der Waals surface area contributed by atoms with Gasteiger partial charge in [0, 0.05) is 0 Å². The van der Waals surface area contributed by atoms with E-state index >= 15 is 0 Å². The van der Waals surface area contributed by atoms with Crippen molar-refractivity contribution in [3.8, 4) is 6.07 Å². The van der Waals surface area contributed by atoms with Crippen molar-refractivity contribution in [2.45, 2.75) is 18.8 Å². The number of nitriles is 1. The maximum atomic E-state index is 11.3. The molecular formula is C14H13NO2. The number of carboxylic acids is 1. The van der Waals surface area contributed by atoms with Gasteiger partial charge < -0.3 is 5.11 Å². The molecule has 0 aromatic heterocycles. The fraction of sp³-hybridized carbons (Fsp3) is 0.286. The van der Waals surface area contributed by atoms with Crippen LogP contribution in [0.4, 0.5) is 0 Å². The highest BCUT2D eigenvalue weighted by Crippen LogP contribution is 2.41. The number of rotatable bonds is 3. The van der Waals surface area contributed by atoms with Gasteiger partial charge in [-0.3, -0.25) is 4.79 Å². The molecule has 1 N–H and O–H groups in total. The van der Waals surface area contributed by atoms with Crippen molar-refractivity contribution in [3.63, 3.8) is 0 Å². The summed E-state index contributed by atoms with van der Waals surface area (Å²) in [6.07, 6.45) is 3.07. The molecule has 2 rings (SSSR count). The molecule has 0 radical (unpaired) electrons. The first-order valence-corrected chi connectivity index (χ1v) is 5.54. The number of carbonyl (C=O) groups is 1. The third kappa shape index (κ3) is 1.83. The fourth-order valence-corrected chi connectivity index (χ4v) is 2.63. The second-order valence-corrected chi connectivity index (χ2v) is 4.29. The lowest BCUT2D eigenvalue weighted by Crippen LogP contribution is -2.16. The van der Waals surface area contributed by atoms with Crippen LogP contribution in [0.15, 0.2) is 30.9 Å². The molecule has 1 aromatic rings. The highest BCUT2D eigenvalue weighted by Gasteiger charge is 2.37. The number of hydrogen-bond donors (Lipinski definition) is 1. The van der Waals surface area contributed by atoms with Gasteiger partial charge in [-0.15, -0.1) is 6.58 Å². The summed E-state index contributed by atoms with van der Waals surface area (Å²) in [5.74, 6) is -1.29. The smallest absolute Gasteiger partial charge is 0.311 e. The van der Waals surface area contributed by atoms with Gasteiger partial charge in [-0.2, -0.15) is 5.26 Å². The summed E-state index contributed by atoms with van der Waals surface area (Å²) in [4.78, 5) is 11.3. The lowest BCUT2D eigenvalue weighted by molar-refractivity contribution is -0.139. The lowest BCUT2D eigenvalue weighted by atomic mass is 9.90. The summed E-state index contributed by atoms with van der Waals surface area (Å²) in [6, 6.07) is 7.45. The Morgan fingerprint density at radius 3 is 3.00 bits per heavy atom. The zero-order chi connectivity index (χ0) is 12.4. The molecule has 0 fully saturated rings. The van der Waals surface area contributed by atoms with E-state index in [2.05, 4.69) is 12.6 Å². The van der Waals surface area contributed by atoms with Crippen molar-refractivity contribution in [1.82, 2.24) is 0 Å². The quantitative estimate of drug-likeness (QED) is 0.807. The number of fused-ring (bicyclic) bond motifs is 1. The largest absolute Gasteiger partial charge is 0.481 e. The standard InChI is InChI=1S/C14H13NO2/c1-2-4-9-7-12-10(8-15)5-3-6-11(12)13(9)14(16)17/h2-3,5-6,9,13H,1,4,7H2,(H,16,17). The summed E-state index contributed by atoms with van der Waals surface area (Å²) in [7, 11) is 0. The molecular weight excluding hydrogens is 214 g/mol. The SMILES string of the molecule is C=CCC1Cc2c(C#N)cccc2C1C(=O)O. The average molecular weight is 227 g/mol. The van der Waals surface area contributed by atoms with E-state index in [0.29, 0.717) is 18.4 Å². The van der Waals surface area contributed by atoms with E-state index in [0.717, 1.165) is 11.1 Å². The Kier molecular flexibility index (Phi) is 2.97. The number of aliphatic carboxylic acids is 1. The molecule has 0 heterocycles. The second kappa shape index (κ2) is 4.42. The molecule has 3 heteroatoms. The monoisotopic (exact) mass is 227 g/mol. The molecule has 0 amide bonds. The van der Waals surface area contributed by atoms with Gasteiger partial charge in [-0.1, -0.05) is 18.2 Å². The van der Waals surface area contributed by atoms with Crippen LogP contribution in [0.1, 0.15) is 29.0 Å². The Labute approximate surface area is 100 Å². The highest BCUT2D eigenvalue weighted by atomic mass is 16.4. The van der Waals surface area contributed by atoms with Crippen LogP contribution >= 0.6 is 0 Å². The van der Waals surface area contributed by atoms with Crippen LogP contribution < -0.4 is 0 Å².